The Labute approximate surface area is 170 Å². The summed E-state index contributed by atoms with van der Waals surface area (Å²) in [5.74, 6) is 2.30. The van der Waals surface area contributed by atoms with E-state index in [1.54, 1.807) is 30.3 Å². The summed E-state index contributed by atoms with van der Waals surface area (Å²) in [7, 11) is -3.75. The summed E-state index contributed by atoms with van der Waals surface area (Å²) in [5.41, 5.74) is 2.02. The largest absolute Gasteiger partial charge is 0.494 e. The van der Waals surface area contributed by atoms with Gasteiger partial charge in [-0.1, -0.05) is 23.4 Å². The van der Waals surface area contributed by atoms with Crippen molar-refractivity contribution in [3.63, 3.8) is 0 Å². The third-order valence-corrected chi connectivity index (χ3v) is 6.15. The van der Waals surface area contributed by atoms with Crippen molar-refractivity contribution in [1.82, 2.24) is 10.1 Å². The summed E-state index contributed by atoms with van der Waals surface area (Å²) in [6, 6.07) is 12.0. The Hall–Kier alpha value is -2.87. The fraction of sp³-hybridized carbons (Fsp3) is 0.333. The second-order valence-corrected chi connectivity index (χ2v) is 8.80. The Morgan fingerprint density at radius 2 is 2.00 bits per heavy atom. The number of nitrogens with zero attached hydrogens (tertiary/aromatic N) is 2. The first kappa shape index (κ1) is 19.4. The second-order valence-electron chi connectivity index (χ2n) is 7.12. The highest BCUT2D eigenvalue weighted by Crippen LogP contribution is 2.38. The predicted molar refractivity (Wildman–Crippen MR) is 109 cm³/mol. The molecule has 0 saturated heterocycles. The van der Waals surface area contributed by atoms with E-state index in [1.165, 1.54) is 0 Å². The van der Waals surface area contributed by atoms with Crippen LogP contribution in [0.1, 0.15) is 48.5 Å². The van der Waals surface area contributed by atoms with Crippen LogP contribution in [0.4, 0.5) is 5.69 Å². The van der Waals surface area contributed by atoms with E-state index in [9.17, 15) is 8.42 Å². The van der Waals surface area contributed by atoms with Crippen LogP contribution in [0.3, 0.4) is 0 Å². The van der Waals surface area contributed by atoms with Crippen molar-refractivity contribution in [2.24, 2.45) is 0 Å². The van der Waals surface area contributed by atoms with Gasteiger partial charge in [0.1, 0.15) is 5.75 Å². The van der Waals surface area contributed by atoms with E-state index in [0.29, 0.717) is 36.3 Å². The monoisotopic (exact) mass is 413 g/mol. The van der Waals surface area contributed by atoms with Crippen molar-refractivity contribution in [1.29, 1.82) is 0 Å². The Kier molecular flexibility index (Phi) is 5.27. The molecule has 1 aromatic heterocycles. The van der Waals surface area contributed by atoms with E-state index >= 15 is 0 Å². The SMILES string of the molecule is CCOc1ccc(S(=O)(=O)Nc2ccccc2Cc2nc(C3CC3)no2)cc1C. The number of aryl methyl sites for hydroxylation is 1. The molecule has 0 atom stereocenters. The first-order valence-corrected chi connectivity index (χ1v) is 11.1. The molecule has 0 unspecified atom stereocenters. The lowest BCUT2D eigenvalue weighted by atomic mass is 10.1. The Bertz CT molecular complexity index is 1120. The number of para-hydroxylation sites is 1. The molecule has 152 valence electrons. The molecule has 1 N–H and O–H groups in total. The number of anilines is 1. The summed E-state index contributed by atoms with van der Waals surface area (Å²) >= 11 is 0. The molecular formula is C21H23N3O4S. The molecule has 1 saturated carbocycles. The van der Waals surface area contributed by atoms with E-state index in [4.69, 9.17) is 9.26 Å². The van der Waals surface area contributed by atoms with Crippen LogP contribution < -0.4 is 9.46 Å². The molecule has 29 heavy (non-hydrogen) atoms. The first-order valence-electron chi connectivity index (χ1n) is 9.63. The minimum atomic E-state index is -3.75. The highest BCUT2D eigenvalue weighted by Gasteiger charge is 2.29. The maximum atomic E-state index is 12.9. The van der Waals surface area contributed by atoms with Crippen molar-refractivity contribution in [2.45, 2.75) is 43.9 Å². The number of benzene rings is 2. The molecule has 2 aromatic carbocycles. The van der Waals surface area contributed by atoms with Crippen LogP contribution >= 0.6 is 0 Å². The van der Waals surface area contributed by atoms with E-state index in [2.05, 4.69) is 14.9 Å². The standard InChI is InChI=1S/C21H23N3O4S/c1-3-27-19-11-10-17(12-14(19)2)29(25,26)24-18-7-5-4-6-16(18)13-20-22-21(23-28-20)15-8-9-15/h4-7,10-12,15,24H,3,8-9,13H2,1-2H3. The van der Waals surface area contributed by atoms with Gasteiger partial charge >= 0.3 is 0 Å². The molecule has 1 fully saturated rings. The van der Waals surface area contributed by atoms with E-state index in [1.807, 2.05) is 26.0 Å². The number of nitrogens with one attached hydrogen (secondary N) is 1. The summed E-state index contributed by atoms with van der Waals surface area (Å²) in [4.78, 5) is 4.62. The van der Waals surface area contributed by atoms with E-state index in [-0.39, 0.29) is 4.90 Å². The van der Waals surface area contributed by atoms with Crippen LogP contribution in [-0.2, 0) is 16.4 Å². The molecule has 1 heterocycles. The van der Waals surface area contributed by atoms with Gasteiger partial charge in [0.25, 0.3) is 10.0 Å². The van der Waals surface area contributed by atoms with E-state index < -0.39 is 10.0 Å². The number of rotatable bonds is 8. The molecule has 7 nitrogen and oxygen atoms in total. The van der Waals surface area contributed by atoms with Crippen LogP contribution in [-0.4, -0.2) is 25.2 Å². The van der Waals surface area contributed by atoms with E-state index in [0.717, 1.165) is 29.8 Å². The van der Waals surface area contributed by atoms with Crippen LogP contribution in [0, 0.1) is 6.92 Å². The lowest BCUT2D eigenvalue weighted by Crippen LogP contribution is -2.14. The number of aromatic nitrogens is 2. The van der Waals surface area contributed by atoms with Crippen molar-refractivity contribution >= 4 is 15.7 Å². The minimum absolute atomic E-state index is 0.182. The smallest absolute Gasteiger partial charge is 0.261 e. The van der Waals surface area contributed by atoms with Gasteiger partial charge < -0.3 is 9.26 Å². The summed E-state index contributed by atoms with van der Waals surface area (Å²) in [6.45, 7) is 4.24. The molecule has 4 rings (SSSR count). The van der Waals surface area contributed by atoms with Gasteiger partial charge in [-0.15, -0.1) is 0 Å². The number of sulfonamides is 1. The molecule has 0 amide bonds. The first-order chi connectivity index (χ1) is 14.0. The molecular weight excluding hydrogens is 390 g/mol. The van der Waals surface area contributed by atoms with Gasteiger partial charge in [0.05, 0.1) is 23.6 Å². The predicted octanol–water partition coefficient (Wildman–Crippen LogP) is 4.05. The van der Waals surface area contributed by atoms with Gasteiger partial charge in [0.15, 0.2) is 5.82 Å². The molecule has 0 spiro atoms. The normalized spacial score (nSPS) is 14.0. The third kappa shape index (κ3) is 4.42. The van der Waals surface area contributed by atoms with Crippen molar-refractivity contribution in [3.8, 4) is 5.75 Å². The Morgan fingerprint density at radius 1 is 1.21 bits per heavy atom. The van der Waals surface area contributed by atoms with Crippen molar-refractivity contribution in [3.05, 3.63) is 65.3 Å². The van der Waals surface area contributed by atoms with Crippen molar-refractivity contribution in [2.75, 3.05) is 11.3 Å². The summed E-state index contributed by atoms with van der Waals surface area (Å²) in [5, 5.41) is 4.02. The lowest BCUT2D eigenvalue weighted by Gasteiger charge is -2.13. The summed E-state index contributed by atoms with van der Waals surface area (Å²) in [6.07, 6.45) is 2.55. The van der Waals surface area contributed by atoms with Gasteiger partial charge in [-0.2, -0.15) is 4.98 Å². The van der Waals surface area contributed by atoms with Gasteiger partial charge in [-0.25, -0.2) is 8.42 Å². The van der Waals surface area contributed by atoms with Crippen LogP contribution in [0.2, 0.25) is 0 Å². The fourth-order valence-electron chi connectivity index (χ4n) is 3.09. The van der Waals surface area contributed by atoms with Gasteiger partial charge in [-0.05, 0) is 62.1 Å². The lowest BCUT2D eigenvalue weighted by molar-refractivity contribution is 0.337. The molecule has 0 aliphatic heterocycles. The summed E-state index contributed by atoms with van der Waals surface area (Å²) < 4.78 is 39.4. The number of ether oxygens (including phenoxy) is 1. The topological polar surface area (TPSA) is 94.3 Å². The Balaban J connectivity index is 1.56. The van der Waals surface area contributed by atoms with Crippen LogP contribution in [0.15, 0.2) is 51.9 Å². The molecule has 3 aromatic rings. The Morgan fingerprint density at radius 3 is 2.72 bits per heavy atom. The molecule has 0 radical (unpaired) electrons. The van der Waals surface area contributed by atoms with Crippen LogP contribution in [0.5, 0.6) is 5.75 Å². The highest BCUT2D eigenvalue weighted by atomic mass is 32.2. The van der Waals surface area contributed by atoms with Gasteiger partial charge in [0, 0.05) is 5.92 Å². The third-order valence-electron chi connectivity index (χ3n) is 4.79. The average molecular weight is 413 g/mol. The zero-order valence-corrected chi connectivity index (χ0v) is 17.2. The average Bonchev–Trinajstić information content (AvgIpc) is 3.44. The highest BCUT2D eigenvalue weighted by molar-refractivity contribution is 7.92. The van der Waals surface area contributed by atoms with Gasteiger partial charge in [0.2, 0.25) is 5.89 Å². The second kappa shape index (κ2) is 7.87. The minimum Gasteiger partial charge on any atom is -0.494 e. The van der Waals surface area contributed by atoms with Crippen molar-refractivity contribution < 1.29 is 17.7 Å². The molecule has 1 aliphatic rings. The zero-order valence-electron chi connectivity index (χ0n) is 16.4. The molecule has 0 bridgehead atoms. The zero-order chi connectivity index (χ0) is 20.4. The quantitative estimate of drug-likeness (QED) is 0.599. The molecule has 1 aliphatic carbocycles. The van der Waals surface area contributed by atoms with Gasteiger partial charge in [-0.3, -0.25) is 4.72 Å². The fourth-order valence-corrected chi connectivity index (χ4v) is 4.28. The number of hydrogen-bond donors (Lipinski definition) is 1. The maximum absolute atomic E-state index is 12.9. The van der Waals surface area contributed by atoms with Crippen LogP contribution in [0.25, 0.3) is 0 Å². The molecule has 8 heteroatoms. The maximum Gasteiger partial charge on any atom is 0.261 e. The number of hydrogen-bond acceptors (Lipinski definition) is 6.